The van der Waals surface area contributed by atoms with Crippen molar-refractivity contribution in [1.29, 1.82) is 0 Å². The van der Waals surface area contributed by atoms with Crippen LogP contribution in [0, 0.1) is 0 Å². The summed E-state index contributed by atoms with van der Waals surface area (Å²) in [6.07, 6.45) is 2.39. The molecule has 0 unspecified atom stereocenters. The zero-order valence-electron chi connectivity index (χ0n) is 13.8. The number of nitrogens with zero attached hydrogens (tertiary/aromatic N) is 4. The van der Waals surface area contributed by atoms with Gasteiger partial charge in [-0.15, -0.1) is 5.10 Å². The minimum atomic E-state index is -3.21. The van der Waals surface area contributed by atoms with E-state index in [1.807, 2.05) is 13.0 Å². The first-order valence-corrected chi connectivity index (χ1v) is 9.86. The number of aryl methyl sites for hydroxylation is 1. The first kappa shape index (κ1) is 16.8. The first-order valence-electron chi connectivity index (χ1n) is 7.97. The molecule has 1 N–H and O–H groups in total. The Labute approximate surface area is 140 Å². The fourth-order valence-corrected chi connectivity index (χ4v) is 3.87. The molecule has 1 saturated heterocycles. The van der Waals surface area contributed by atoms with Crippen LogP contribution in [0.4, 0.5) is 0 Å². The Morgan fingerprint density at radius 1 is 1.33 bits per heavy atom. The number of fused-ring (bicyclic) bond motifs is 1. The van der Waals surface area contributed by atoms with Gasteiger partial charge in [0, 0.05) is 31.2 Å². The Balaban J connectivity index is 1.69. The highest BCUT2D eigenvalue weighted by Gasteiger charge is 2.25. The number of hydrogen-bond donors (Lipinski definition) is 1. The lowest BCUT2D eigenvalue weighted by atomic mass is 10.0. The van der Waals surface area contributed by atoms with Crippen LogP contribution in [0.5, 0.6) is 0 Å². The van der Waals surface area contributed by atoms with Crippen LogP contribution in [-0.2, 0) is 16.6 Å². The summed E-state index contributed by atoms with van der Waals surface area (Å²) in [5.41, 5.74) is 2.20. The summed E-state index contributed by atoms with van der Waals surface area (Å²) in [6.45, 7) is 3.78. The summed E-state index contributed by atoms with van der Waals surface area (Å²) in [5.74, 6) is -0.0549. The summed E-state index contributed by atoms with van der Waals surface area (Å²) < 4.78 is 26.9. The van der Waals surface area contributed by atoms with Crippen LogP contribution in [-0.4, -0.2) is 59.6 Å². The summed E-state index contributed by atoms with van der Waals surface area (Å²) in [6, 6.07) is 5.32. The van der Waals surface area contributed by atoms with Crippen molar-refractivity contribution in [2.24, 2.45) is 0 Å². The van der Waals surface area contributed by atoms with E-state index in [-0.39, 0.29) is 11.9 Å². The number of aromatic nitrogens is 3. The second-order valence-corrected chi connectivity index (χ2v) is 7.85. The fraction of sp³-hybridized carbons (Fsp3) is 0.533. The molecule has 1 aromatic carbocycles. The van der Waals surface area contributed by atoms with Crippen molar-refractivity contribution >= 4 is 27.0 Å². The van der Waals surface area contributed by atoms with Crippen molar-refractivity contribution in [1.82, 2.24) is 24.6 Å². The zero-order valence-corrected chi connectivity index (χ0v) is 14.6. The van der Waals surface area contributed by atoms with Crippen molar-refractivity contribution < 1.29 is 13.2 Å². The lowest BCUT2D eigenvalue weighted by molar-refractivity contribution is 0.0711. The fourth-order valence-electron chi connectivity index (χ4n) is 3.02. The van der Waals surface area contributed by atoms with Crippen LogP contribution < -0.4 is 4.72 Å². The van der Waals surface area contributed by atoms with E-state index >= 15 is 0 Å². The maximum Gasteiger partial charge on any atom is 0.253 e. The molecule has 2 aromatic rings. The number of hydrogen-bond acceptors (Lipinski definition) is 5. The highest BCUT2D eigenvalue weighted by molar-refractivity contribution is 7.88. The standard InChI is InChI=1S/C15H21N5O3S/c1-3-20-14-5-4-11(10-13(14)16-18-20)15(21)19-8-6-12(7-9-19)17-24(2,22)23/h4-5,10,12,17H,3,6-9H2,1-2H3. The van der Waals surface area contributed by atoms with Gasteiger partial charge in [-0.2, -0.15) is 0 Å². The van der Waals surface area contributed by atoms with Crippen molar-refractivity contribution in [2.45, 2.75) is 32.4 Å². The molecule has 2 heterocycles. The highest BCUT2D eigenvalue weighted by atomic mass is 32.2. The molecular weight excluding hydrogens is 330 g/mol. The predicted molar refractivity (Wildman–Crippen MR) is 90.1 cm³/mol. The predicted octanol–water partition coefficient (Wildman–Crippen LogP) is 0.605. The monoisotopic (exact) mass is 351 g/mol. The van der Waals surface area contributed by atoms with Crippen molar-refractivity contribution in [3.8, 4) is 0 Å². The van der Waals surface area contributed by atoms with E-state index in [0.29, 0.717) is 37.0 Å². The second-order valence-electron chi connectivity index (χ2n) is 6.07. The second kappa shape index (κ2) is 6.48. The van der Waals surface area contributed by atoms with Crippen LogP contribution in [0.2, 0.25) is 0 Å². The van der Waals surface area contributed by atoms with Crippen molar-refractivity contribution in [3.05, 3.63) is 23.8 Å². The Morgan fingerprint density at radius 3 is 2.67 bits per heavy atom. The van der Waals surface area contributed by atoms with E-state index in [4.69, 9.17) is 0 Å². The number of benzene rings is 1. The third-order valence-electron chi connectivity index (χ3n) is 4.22. The van der Waals surface area contributed by atoms with Gasteiger partial charge in [0.25, 0.3) is 5.91 Å². The van der Waals surface area contributed by atoms with E-state index in [0.717, 1.165) is 18.3 Å². The number of amides is 1. The number of carbonyl (C=O) groups excluding carboxylic acids is 1. The smallest absolute Gasteiger partial charge is 0.253 e. The number of rotatable bonds is 4. The number of carbonyl (C=O) groups is 1. The minimum Gasteiger partial charge on any atom is -0.339 e. The topological polar surface area (TPSA) is 97.2 Å². The maximum absolute atomic E-state index is 12.6. The first-order chi connectivity index (χ1) is 11.4. The molecule has 1 aliphatic heterocycles. The van der Waals surface area contributed by atoms with Gasteiger partial charge in [0.1, 0.15) is 5.52 Å². The summed E-state index contributed by atoms with van der Waals surface area (Å²) >= 11 is 0. The molecule has 1 aromatic heterocycles. The molecule has 0 radical (unpaired) electrons. The summed E-state index contributed by atoms with van der Waals surface area (Å²) in [5, 5.41) is 8.14. The van der Waals surface area contributed by atoms with Crippen molar-refractivity contribution in [3.63, 3.8) is 0 Å². The number of sulfonamides is 1. The van der Waals surface area contributed by atoms with Gasteiger partial charge in [0.05, 0.1) is 11.8 Å². The summed E-state index contributed by atoms with van der Waals surface area (Å²) in [7, 11) is -3.21. The molecule has 1 amide bonds. The van der Waals surface area contributed by atoms with E-state index in [2.05, 4.69) is 15.0 Å². The minimum absolute atomic E-state index is 0.0549. The Morgan fingerprint density at radius 2 is 2.04 bits per heavy atom. The molecule has 130 valence electrons. The molecule has 0 aliphatic carbocycles. The number of piperidine rings is 1. The molecular formula is C15H21N5O3S. The van der Waals surface area contributed by atoms with Gasteiger partial charge in [-0.25, -0.2) is 17.8 Å². The normalized spacial score (nSPS) is 16.7. The average molecular weight is 351 g/mol. The van der Waals surface area contributed by atoms with Crippen LogP contribution in [0.1, 0.15) is 30.1 Å². The number of nitrogens with one attached hydrogen (secondary N) is 1. The van der Waals surface area contributed by atoms with E-state index in [1.165, 1.54) is 0 Å². The molecule has 3 rings (SSSR count). The number of likely N-dealkylation sites (tertiary alicyclic amines) is 1. The molecule has 1 fully saturated rings. The van der Waals surface area contributed by atoms with Gasteiger partial charge in [-0.1, -0.05) is 5.21 Å². The molecule has 0 bridgehead atoms. The average Bonchev–Trinajstić information content (AvgIpc) is 2.95. The van der Waals surface area contributed by atoms with Gasteiger partial charge >= 0.3 is 0 Å². The van der Waals surface area contributed by atoms with Crippen LogP contribution >= 0.6 is 0 Å². The quantitative estimate of drug-likeness (QED) is 0.870. The van der Waals surface area contributed by atoms with E-state index in [1.54, 1.807) is 21.7 Å². The van der Waals surface area contributed by atoms with Crippen molar-refractivity contribution in [2.75, 3.05) is 19.3 Å². The van der Waals surface area contributed by atoms with Gasteiger partial charge in [-0.3, -0.25) is 4.79 Å². The van der Waals surface area contributed by atoms with Crippen LogP contribution in [0.25, 0.3) is 11.0 Å². The third-order valence-corrected chi connectivity index (χ3v) is 4.98. The lowest BCUT2D eigenvalue weighted by Gasteiger charge is -2.32. The lowest BCUT2D eigenvalue weighted by Crippen LogP contribution is -2.46. The van der Waals surface area contributed by atoms with Crippen LogP contribution in [0.15, 0.2) is 18.2 Å². The Bertz CT molecular complexity index is 853. The Kier molecular flexibility index (Phi) is 4.55. The molecule has 9 heteroatoms. The van der Waals surface area contributed by atoms with Gasteiger partial charge in [-0.05, 0) is 38.0 Å². The third kappa shape index (κ3) is 3.57. The summed E-state index contributed by atoms with van der Waals surface area (Å²) in [4.78, 5) is 14.4. The molecule has 8 nitrogen and oxygen atoms in total. The van der Waals surface area contributed by atoms with E-state index in [9.17, 15) is 13.2 Å². The molecule has 1 aliphatic rings. The van der Waals surface area contributed by atoms with Gasteiger partial charge < -0.3 is 4.90 Å². The molecule has 0 atom stereocenters. The zero-order chi connectivity index (χ0) is 17.3. The molecule has 0 saturated carbocycles. The van der Waals surface area contributed by atoms with Gasteiger partial charge in [0.2, 0.25) is 10.0 Å². The van der Waals surface area contributed by atoms with E-state index < -0.39 is 10.0 Å². The maximum atomic E-state index is 12.6. The van der Waals surface area contributed by atoms with Crippen LogP contribution in [0.3, 0.4) is 0 Å². The highest BCUT2D eigenvalue weighted by Crippen LogP contribution is 2.18. The molecule has 24 heavy (non-hydrogen) atoms. The Hall–Kier alpha value is -2.00. The SMILES string of the molecule is CCn1nnc2cc(C(=O)N3CCC(NS(C)(=O)=O)CC3)ccc21. The van der Waals surface area contributed by atoms with Gasteiger partial charge in [0.15, 0.2) is 0 Å². The largest absolute Gasteiger partial charge is 0.339 e. The molecule has 0 spiro atoms.